The van der Waals surface area contributed by atoms with Crippen LogP contribution in [0.5, 0.6) is 0 Å². The maximum Gasteiger partial charge on any atom is 0.0581 e. The molecule has 0 saturated carbocycles. The van der Waals surface area contributed by atoms with Gasteiger partial charge >= 0.3 is 0 Å². The number of thiophene rings is 1. The van der Waals surface area contributed by atoms with E-state index >= 15 is 0 Å². The van der Waals surface area contributed by atoms with Crippen molar-refractivity contribution < 1.29 is 5.11 Å². The third-order valence-corrected chi connectivity index (χ3v) is 4.69. The molecule has 0 fully saturated rings. The highest BCUT2D eigenvalue weighted by atomic mass is 35.5. The number of aryl methyl sites for hydroxylation is 1. The van der Waals surface area contributed by atoms with Crippen molar-refractivity contribution >= 4 is 34.5 Å². The van der Waals surface area contributed by atoms with E-state index in [0.29, 0.717) is 16.5 Å². The molecule has 1 unspecified atom stereocenters. The smallest absolute Gasteiger partial charge is 0.0581 e. The molecule has 0 spiro atoms. The van der Waals surface area contributed by atoms with Gasteiger partial charge in [-0.1, -0.05) is 35.3 Å². The van der Waals surface area contributed by atoms with Crippen LogP contribution in [0, 0.1) is 0 Å². The highest BCUT2D eigenvalue weighted by molar-refractivity contribution is 7.09. The van der Waals surface area contributed by atoms with Crippen LogP contribution >= 0.6 is 34.5 Å². The van der Waals surface area contributed by atoms with Crippen molar-refractivity contribution in [2.45, 2.75) is 31.8 Å². The summed E-state index contributed by atoms with van der Waals surface area (Å²) < 4.78 is 0. The fraction of sp³-hybridized carbons (Fsp3) is 0.333. The molecule has 0 saturated heterocycles. The van der Waals surface area contributed by atoms with Gasteiger partial charge in [0.25, 0.3) is 0 Å². The molecular weight excluding hydrogens is 299 g/mol. The van der Waals surface area contributed by atoms with Gasteiger partial charge in [0.2, 0.25) is 0 Å². The van der Waals surface area contributed by atoms with Crippen molar-refractivity contribution in [3.63, 3.8) is 0 Å². The Bertz CT molecular complexity index is 491. The largest absolute Gasteiger partial charge is 0.393 e. The molecule has 1 atom stereocenters. The number of hydrogen-bond donors (Lipinski definition) is 1. The summed E-state index contributed by atoms with van der Waals surface area (Å²) in [6, 6.07) is 9.61. The number of rotatable bonds is 6. The molecule has 1 N–H and O–H groups in total. The summed E-state index contributed by atoms with van der Waals surface area (Å²) in [5.41, 5.74) is 0.842. The first-order valence-electron chi connectivity index (χ1n) is 6.30. The minimum atomic E-state index is -0.391. The maximum absolute atomic E-state index is 10.1. The Balaban J connectivity index is 1.82. The first-order valence-corrected chi connectivity index (χ1v) is 7.93. The van der Waals surface area contributed by atoms with E-state index in [1.807, 2.05) is 6.07 Å². The molecule has 0 aliphatic heterocycles. The van der Waals surface area contributed by atoms with Gasteiger partial charge < -0.3 is 5.11 Å². The second-order valence-corrected chi connectivity index (χ2v) is 6.38. The van der Waals surface area contributed by atoms with Crippen LogP contribution < -0.4 is 0 Å². The molecule has 0 bridgehead atoms. The van der Waals surface area contributed by atoms with E-state index in [0.717, 1.165) is 24.8 Å². The Morgan fingerprint density at radius 3 is 2.47 bits per heavy atom. The minimum Gasteiger partial charge on any atom is -0.393 e. The molecule has 2 rings (SSSR count). The number of aliphatic hydroxyl groups excluding tert-OH is 1. The van der Waals surface area contributed by atoms with Crippen LogP contribution in [0.25, 0.3) is 0 Å². The lowest BCUT2D eigenvalue weighted by molar-refractivity contribution is 0.162. The molecule has 1 aromatic heterocycles. The lowest BCUT2D eigenvalue weighted by Crippen LogP contribution is -2.11. The second kappa shape index (κ2) is 7.30. The summed E-state index contributed by atoms with van der Waals surface area (Å²) in [4.78, 5) is 1.36. The van der Waals surface area contributed by atoms with Crippen molar-refractivity contribution in [2.75, 3.05) is 0 Å². The fourth-order valence-electron chi connectivity index (χ4n) is 2.03. The van der Waals surface area contributed by atoms with E-state index in [2.05, 4.69) is 17.5 Å². The third-order valence-electron chi connectivity index (χ3n) is 3.04. The van der Waals surface area contributed by atoms with E-state index in [-0.39, 0.29) is 0 Å². The standard InChI is InChI=1S/C15H16Cl2OS/c16-14-7-2-8-15(17)13(14)10-11(18)4-1-5-12-6-3-9-19-12/h2-3,6-9,11,18H,1,4-5,10H2. The van der Waals surface area contributed by atoms with Crippen LogP contribution in [-0.2, 0) is 12.8 Å². The first kappa shape index (κ1) is 14.9. The van der Waals surface area contributed by atoms with Gasteiger partial charge in [-0.05, 0) is 48.4 Å². The zero-order valence-electron chi connectivity index (χ0n) is 10.5. The lowest BCUT2D eigenvalue weighted by Gasteiger charge is -2.12. The van der Waals surface area contributed by atoms with Gasteiger partial charge in [0.05, 0.1) is 6.10 Å². The Hall–Kier alpha value is -0.540. The fourth-order valence-corrected chi connectivity index (χ4v) is 3.33. The van der Waals surface area contributed by atoms with Crippen molar-refractivity contribution in [3.05, 3.63) is 56.2 Å². The van der Waals surface area contributed by atoms with Gasteiger partial charge in [0.15, 0.2) is 0 Å². The summed E-state index contributed by atoms with van der Waals surface area (Å²) >= 11 is 13.9. The van der Waals surface area contributed by atoms with Crippen LogP contribution in [0.15, 0.2) is 35.7 Å². The Labute approximate surface area is 127 Å². The van der Waals surface area contributed by atoms with E-state index < -0.39 is 6.10 Å². The van der Waals surface area contributed by atoms with Crippen molar-refractivity contribution in [2.24, 2.45) is 0 Å². The quantitative estimate of drug-likeness (QED) is 0.797. The zero-order chi connectivity index (χ0) is 13.7. The summed E-state index contributed by atoms with van der Waals surface area (Å²) in [5, 5.41) is 13.4. The predicted molar refractivity (Wildman–Crippen MR) is 83.4 cm³/mol. The summed E-state index contributed by atoms with van der Waals surface area (Å²) in [5.74, 6) is 0. The predicted octanol–water partition coefficient (Wildman–Crippen LogP) is 4.98. The van der Waals surface area contributed by atoms with Crippen LogP contribution in [0.3, 0.4) is 0 Å². The molecule has 102 valence electrons. The minimum absolute atomic E-state index is 0.391. The van der Waals surface area contributed by atoms with Gasteiger partial charge in [0, 0.05) is 21.3 Å². The van der Waals surface area contributed by atoms with Gasteiger partial charge in [-0.3, -0.25) is 0 Å². The van der Waals surface area contributed by atoms with Crippen LogP contribution in [-0.4, -0.2) is 11.2 Å². The van der Waals surface area contributed by atoms with Crippen LogP contribution in [0.2, 0.25) is 10.0 Å². The molecule has 2 aromatic rings. The average molecular weight is 315 g/mol. The van der Waals surface area contributed by atoms with Gasteiger partial charge in [-0.15, -0.1) is 11.3 Å². The van der Waals surface area contributed by atoms with Crippen molar-refractivity contribution in [1.82, 2.24) is 0 Å². The molecule has 0 amide bonds. The van der Waals surface area contributed by atoms with Crippen molar-refractivity contribution in [1.29, 1.82) is 0 Å². The summed E-state index contributed by atoms with van der Waals surface area (Å²) in [6.07, 6.45) is 2.88. The van der Waals surface area contributed by atoms with Gasteiger partial charge in [-0.25, -0.2) is 0 Å². The summed E-state index contributed by atoms with van der Waals surface area (Å²) in [6.45, 7) is 0. The lowest BCUT2D eigenvalue weighted by atomic mass is 10.0. The topological polar surface area (TPSA) is 20.2 Å². The highest BCUT2D eigenvalue weighted by Gasteiger charge is 2.11. The Kier molecular flexibility index (Phi) is 5.71. The van der Waals surface area contributed by atoms with Gasteiger partial charge in [0.1, 0.15) is 0 Å². The molecule has 0 aliphatic rings. The maximum atomic E-state index is 10.1. The Morgan fingerprint density at radius 2 is 1.84 bits per heavy atom. The molecular formula is C15H16Cl2OS. The van der Waals surface area contributed by atoms with Crippen molar-refractivity contribution in [3.8, 4) is 0 Å². The number of aliphatic hydroxyl groups is 1. The van der Waals surface area contributed by atoms with Crippen LogP contribution in [0.1, 0.15) is 23.3 Å². The monoisotopic (exact) mass is 314 g/mol. The number of halogens is 2. The van der Waals surface area contributed by atoms with E-state index in [9.17, 15) is 5.11 Å². The summed E-state index contributed by atoms with van der Waals surface area (Å²) in [7, 11) is 0. The van der Waals surface area contributed by atoms with E-state index in [4.69, 9.17) is 23.2 Å². The Morgan fingerprint density at radius 1 is 1.11 bits per heavy atom. The highest BCUT2D eigenvalue weighted by Crippen LogP contribution is 2.26. The van der Waals surface area contributed by atoms with E-state index in [1.54, 1.807) is 23.5 Å². The van der Waals surface area contributed by atoms with Crippen LogP contribution in [0.4, 0.5) is 0 Å². The third kappa shape index (κ3) is 4.50. The molecule has 19 heavy (non-hydrogen) atoms. The van der Waals surface area contributed by atoms with E-state index in [1.165, 1.54) is 4.88 Å². The molecule has 1 aromatic carbocycles. The first-order chi connectivity index (χ1) is 9.16. The molecule has 0 radical (unpaired) electrons. The SMILES string of the molecule is OC(CCCc1cccs1)Cc1c(Cl)cccc1Cl. The second-order valence-electron chi connectivity index (χ2n) is 4.53. The average Bonchev–Trinajstić information content (AvgIpc) is 2.87. The zero-order valence-corrected chi connectivity index (χ0v) is 12.8. The van der Waals surface area contributed by atoms with Gasteiger partial charge in [-0.2, -0.15) is 0 Å². The number of hydrogen-bond acceptors (Lipinski definition) is 2. The molecule has 1 nitrogen and oxygen atoms in total. The molecule has 0 aliphatic carbocycles. The number of benzene rings is 1. The molecule has 4 heteroatoms. The normalized spacial score (nSPS) is 12.6. The molecule has 1 heterocycles.